The molecule has 0 spiro atoms. The molecule has 2 atom stereocenters. The molecule has 2 rings (SSSR count). The van der Waals surface area contributed by atoms with Crippen molar-refractivity contribution in [3.05, 3.63) is 27.9 Å². The number of H-pyrrole nitrogens is 1. The van der Waals surface area contributed by atoms with Crippen LogP contribution < -0.4 is 16.7 Å². The van der Waals surface area contributed by atoms with E-state index in [1.54, 1.807) is 6.07 Å². The minimum atomic E-state index is -0.584. The van der Waals surface area contributed by atoms with Crippen LogP contribution in [0.4, 0.5) is 0 Å². The highest BCUT2D eigenvalue weighted by Gasteiger charge is 2.29. The third-order valence-electron chi connectivity index (χ3n) is 3.83. The topological polar surface area (TPSA) is 136 Å². The van der Waals surface area contributed by atoms with Gasteiger partial charge >= 0.3 is 5.69 Å². The molecule has 2 heterocycles. The normalized spacial score (nSPS) is 20.9. The van der Waals surface area contributed by atoms with Crippen molar-refractivity contribution in [1.29, 1.82) is 0 Å². The number of rotatable bonds is 5. The first-order chi connectivity index (χ1) is 11.7. The second-order valence-electron chi connectivity index (χ2n) is 6.99. The highest BCUT2D eigenvalue weighted by molar-refractivity contribution is 5.92. The van der Waals surface area contributed by atoms with E-state index in [-0.39, 0.29) is 24.3 Å². The van der Waals surface area contributed by atoms with Gasteiger partial charge in [-0.05, 0) is 12.5 Å². The number of aromatic amines is 1. The van der Waals surface area contributed by atoms with E-state index in [4.69, 9.17) is 15.2 Å². The molecule has 1 aromatic heterocycles. The molecule has 9 heteroatoms. The van der Waals surface area contributed by atoms with Gasteiger partial charge in [-0.25, -0.2) is 4.79 Å². The van der Waals surface area contributed by atoms with Gasteiger partial charge in [0, 0.05) is 17.7 Å². The Labute approximate surface area is 145 Å². The van der Waals surface area contributed by atoms with Crippen LogP contribution in [0.1, 0.15) is 43.4 Å². The van der Waals surface area contributed by atoms with Gasteiger partial charge in [-0.1, -0.05) is 20.8 Å². The van der Waals surface area contributed by atoms with E-state index in [1.807, 2.05) is 20.8 Å². The summed E-state index contributed by atoms with van der Waals surface area (Å²) in [6.45, 7) is 6.24. The van der Waals surface area contributed by atoms with E-state index < -0.39 is 29.6 Å². The van der Waals surface area contributed by atoms with Gasteiger partial charge < -0.3 is 25.5 Å². The third kappa shape index (κ3) is 5.36. The van der Waals surface area contributed by atoms with Crippen LogP contribution in [0, 0.1) is 0 Å². The molecule has 0 aliphatic carbocycles. The smallest absolute Gasteiger partial charge is 0.345 e. The Morgan fingerprint density at radius 3 is 2.84 bits per heavy atom. The summed E-state index contributed by atoms with van der Waals surface area (Å²) in [4.78, 5) is 41.5. The lowest BCUT2D eigenvalue weighted by molar-refractivity contribution is -0.128. The predicted octanol–water partition coefficient (Wildman–Crippen LogP) is -0.543. The molecule has 138 valence electrons. The molecule has 1 aromatic rings. The van der Waals surface area contributed by atoms with Gasteiger partial charge in [-0.2, -0.15) is 4.98 Å². The molecule has 1 saturated heterocycles. The molecule has 0 radical (unpaired) electrons. The fourth-order valence-electron chi connectivity index (χ4n) is 2.46. The van der Waals surface area contributed by atoms with Crippen molar-refractivity contribution in [2.24, 2.45) is 5.73 Å². The number of carbonyl (C=O) groups is 2. The van der Waals surface area contributed by atoms with Crippen LogP contribution in [0.3, 0.4) is 0 Å². The molecular weight excluding hydrogens is 328 g/mol. The van der Waals surface area contributed by atoms with E-state index in [0.717, 1.165) is 0 Å². The zero-order valence-corrected chi connectivity index (χ0v) is 14.6. The summed E-state index contributed by atoms with van der Waals surface area (Å²) in [5.41, 5.74) is 4.80. The van der Waals surface area contributed by atoms with Gasteiger partial charge in [0.15, 0.2) is 0 Å². The second kappa shape index (κ2) is 7.75. The lowest BCUT2D eigenvalue weighted by atomic mass is 9.91. The fraction of sp³-hybridized carbons (Fsp3) is 0.625. The number of ether oxygens (including phenoxy) is 2. The molecule has 0 bridgehead atoms. The highest BCUT2D eigenvalue weighted by Crippen LogP contribution is 2.19. The van der Waals surface area contributed by atoms with Crippen molar-refractivity contribution < 1.29 is 19.1 Å². The van der Waals surface area contributed by atoms with Crippen LogP contribution in [0.2, 0.25) is 0 Å². The lowest BCUT2D eigenvalue weighted by Gasteiger charge is -2.31. The highest BCUT2D eigenvalue weighted by atomic mass is 16.5. The van der Waals surface area contributed by atoms with Gasteiger partial charge in [0.1, 0.15) is 12.3 Å². The monoisotopic (exact) mass is 352 g/mol. The van der Waals surface area contributed by atoms with Crippen LogP contribution in [0.5, 0.6) is 0 Å². The summed E-state index contributed by atoms with van der Waals surface area (Å²) in [5.74, 6) is -1.08. The van der Waals surface area contributed by atoms with Crippen LogP contribution in [0.15, 0.2) is 10.9 Å². The molecule has 1 aliphatic heterocycles. The quantitative estimate of drug-likeness (QED) is 0.651. The van der Waals surface area contributed by atoms with Gasteiger partial charge in [0.2, 0.25) is 5.91 Å². The number of nitrogens with one attached hydrogen (secondary N) is 2. The summed E-state index contributed by atoms with van der Waals surface area (Å²) in [6, 6.07) is 1.10. The van der Waals surface area contributed by atoms with Crippen molar-refractivity contribution in [3.63, 3.8) is 0 Å². The zero-order chi connectivity index (χ0) is 18.6. The fourth-order valence-corrected chi connectivity index (χ4v) is 2.46. The second-order valence-corrected chi connectivity index (χ2v) is 6.99. The Balaban J connectivity index is 2.13. The summed E-state index contributed by atoms with van der Waals surface area (Å²) < 4.78 is 10.8. The number of hydrogen-bond donors (Lipinski definition) is 3. The molecule has 0 aromatic carbocycles. The number of amides is 2. The largest absolute Gasteiger partial charge is 0.379 e. The SMILES string of the molecule is CC(C)(C)c1cc(C(=O)N[C@@H]2COCC[C@@H]2OCC(N)=O)nc(=O)[nH]1. The Morgan fingerprint density at radius 1 is 1.48 bits per heavy atom. The number of nitrogens with two attached hydrogens (primary N) is 1. The van der Waals surface area contributed by atoms with Crippen molar-refractivity contribution in [1.82, 2.24) is 15.3 Å². The van der Waals surface area contributed by atoms with Gasteiger partial charge in [-0.15, -0.1) is 0 Å². The van der Waals surface area contributed by atoms with Crippen LogP contribution in [-0.2, 0) is 19.7 Å². The number of primary amides is 1. The van der Waals surface area contributed by atoms with E-state index in [2.05, 4.69) is 15.3 Å². The summed E-state index contributed by atoms with van der Waals surface area (Å²) >= 11 is 0. The summed E-state index contributed by atoms with van der Waals surface area (Å²) in [6.07, 6.45) is 0.128. The molecule has 0 saturated carbocycles. The van der Waals surface area contributed by atoms with Crippen LogP contribution in [0.25, 0.3) is 0 Å². The molecule has 4 N–H and O–H groups in total. The minimum Gasteiger partial charge on any atom is -0.379 e. The summed E-state index contributed by atoms with van der Waals surface area (Å²) in [7, 11) is 0. The maximum atomic E-state index is 12.5. The minimum absolute atomic E-state index is 0.0212. The van der Waals surface area contributed by atoms with Gasteiger partial charge in [0.05, 0.1) is 18.8 Å². The van der Waals surface area contributed by atoms with E-state index in [0.29, 0.717) is 18.7 Å². The average molecular weight is 352 g/mol. The predicted molar refractivity (Wildman–Crippen MR) is 89.2 cm³/mol. The average Bonchev–Trinajstić information content (AvgIpc) is 2.52. The molecule has 25 heavy (non-hydrogen) atoms. The molecule has 0 unspecified atom stereocenters. The molecule has 2 amide bonds. The van der Waals surface area contributed by atoms with Crippen molar-refractivity contribution in [3.8, 4) is 0 Å². The van der Waals surface area contributed by atoms with E-state index in [9.17, 15) is 14.4 Å². The van der Waals surface area contributed by atoms with E-state index in [1.165, 1.54) is 0 Å². The molecule has 9 nitrogen and oxygen atoms in total. The first kappa shape index (κ1) is 19.1. The molecule has 1 aliphatic rings. The number of carbonyl (C=O) groups excluding carboxylic acids is 2. The third-order valence-corrected chi connectivity index (χ3v) is 3.83. The van der Waals surface area contributed by atoms with Gasteiger partial charge in [-0.3, -0.25) is 9.59 Å². The van der Waals surface area contributed by atoms with Crippen molar-refractivity contribution in [2.45, 2.75) is 44.8 Å². The van der Waals surface area contributed by atoms with Crippen molar-refractivity contribution >= 4 is 11.8 Å². The molecular formula is C16H24N4O5. The van der Waals surface area contributed by atoms with E-state index >= 15 is 0 Å². The Morgan fingerprint density at radius 2 is 2.20 bits per heavy atom. The van der Waals surface area contributed by atoms with Crippen LogP contribution >= 0.6 is 0 Å². The first-order valence-electron chi connectivity index (χ1n) is 8.07. The van der Waals surface area contributed by atoms with Crippen molar-refractivity contribution in [2.75, 3.05) is 19.8 Å². The Bertz CT molecular complexity index is 695. The Kier molecular flexibility index (Phi) is 5.91. The first-order valence-corrected chi connectivity index (χ1v) is 8.07. The number of hydrogen-bond acceptors (Lipinski definition) is 6. The number of nitrogens with zero attached hydrogens (tertiary/aromatic N) is 1. The maximum absolute atomic E-state index is 12.5. The van der Waals surface area contributed by atoms with Crippen LogP contribution in [-0.4, -0.2) is 53.7 Å². The molecule has 1 fully saturated rings. The zero-order valence-electron chi connectivity index (χ0n) is 14.6. The maximum Gasteiger partial charge on any atom is 0.345 e. The standard InChI is InChI=1S/C16H24N4O5/c1-16(2,3)12-6-9(19-15(23)20-12)14(22)18-10-7-24-5-4-11(10)25-8-13(17)21/h6,10-11H,4-5,7-8H2,1-3H3,(H2,17,21)(H,18,22)(H,19,20,23)/t10-,11+/m1/s1. The lowest BCUT2D eigenvalue weighted by Crippen LogP contribution is -2.51. The Hall–Kier alpha value is -2.26. The van der Waals surface area contributed by atoms with Gasteiger partial charge in [0.25, 0.3) is 5.91 Å². The number of aromatic nitrogens is 2. The summed E-state index contributed by atoms with van der Waals surface area (Å²) in [5, 5.41) is 2.76.